The molecule has 1 N–H and O–H groups in total. The third kappa shape index (κ3) is 3.13. The number of aromatic nitrogens is 3. The summed E-state index contributed by atoms with van der Waals surface area (Å²) in [6.45, 7) is 10.2. The zero-order valence-corrected chi connectivity index (χ0v) is 14.4. The van der Waals surface area contributed by atoms with Crippen LogP contribution in [0.1, 0.15) is 68.2 Å². The molecule has 0 fully saturated rings. The van der Waals surface area contributed by atoms with Crippen molar-refractivity contribution in [2.45, 2.75) is 59.4 Å². The van der Waals surface area contributed by atoms with Gasteiger partial charge in [0.2, 0.25) is 0 Å². The second-order valence-electron chi connectivity index (χ2n) is 6.32. The SMILES string of the molecule is CCC[C@@H](C)NC(=O)c1cc(C(C)C)nc2c1c(C)nn2C. The van der Waals surface area contributed by atoms with Gasteiger partial charge in [-0.05, 0) is 32.3 Å². The topological polar surface area (TPSA) is 59.8 Å². The Labute approximate surface area is 132 Å². The summed E-state index contributed by atoms with van der Waals surface area (Å²) in [7, 11) is 1.87. The van der Waals surface area contributed by atoms with Gasteiger partial charge in [0.15, 0.2) is 5.65 Å². The third-order valence-corrected chi connectivity index (χ3v) is 3.92. The number of hydrogen-bond donors (Lipinski definition) is 1. The fourth-order valence-corrected chi connectivity index (χ4v) is 2.75. The Morgan fingerprint density at radius 1 is 1.36 bits per heavy atom. The highest BCUT2D eigenvalue weighted by Crippen LogP contribution is 2.25. The maximum atomic E-state index is 12.7. The number of amides is 1. The molecule has 0 aliphatic carbocycles. The van der Waals surface area contributed by atoms with Crippen LogP contribution < -0.4 is 5.32 Å². The van der Waals surface area contributed by atoms with E-state index in [4.69, 9.17) is 0 Å². The fourth-order valence-electron chi connectivity index (χ4n) is 2.75. The molecule has 0 unspecified atom stereocenters. The number of hydrogen-bond acceptors (Lipinski definition) is 3. The van der Waals surface area contributed by atoms with E-state index in [-0.39, 0.29) is 17.9 Å². The summed E-state index contributed by atoms with van der Waals surface area (Å²) in [6, 6.07) is 2.08. The molecule has 5 heteroatoms. The summed E-state index contributed by atoms with van der Waals surface area (Å²) < 4.78 is 1.75. The van der Waals surface area contributed by atoms with Crippen LogP contribution >= 0.6 is 0 Å². The van der Waals surface area contributed by atoms with E-state index in [0.717, 1.165) is 35.3 Å². The molecule has 2 rings (SSSR count). The summed E-state index contributed by atoms with van der Waals surface area (Å²) in [4.78, 5) is 17.4. The second-order valence-corrected chi connectivity index (χ2v) is 6.32. The van der Waals surface area contributed by atoms with Gasteiger partial charge in [-0.2, -0.15) is 5.10 Å². The van der Waals surface area contributed by atoms with Crippen molar-refractivity contribution in [2.75, 3.05) is 0 Å². The molecule has 0 bridgehead atoms. The molecular formula is C17H26N4O. The van der Waals surface area contributed by atoms with E-state index in [9.17, 15) is 4.79 Å². The minimum Gasteiger partial charge on any atom is -0.350 e. The first-order chi connectivity index (χ1) is 10.3. The summed E-state index contributed by atoms with van der Waals surface area (Å²) in [5, 5.41) is 8.37. The molecule has 0 radical (unpaired) electrons. The van der Waals surface area contributed by atoms with Gasteiger partial charge in [0.25, 0.3) is 5.91 Å². The van der Waals surface area contributed by atoms with Gasteiger partial charge >= 0.3 is 0 Å². The predicted octanol–water partition coefficient (Wildman–Crippen LogP) is 3.32. The van der Waals surface area contributed by atoms with Crippen molar-refractivity contribution in [2.24, 2.45) is 7.05 Å². The van der Waals surface area contributed by atoms with E-state index in [2.05, 4.69) is 36.2 Å². The number of carbonyl (C=O) groups is 1. The smallest absolute Gasteiger partial charge is 0.252 e. The maximum absolute atomic E-state index is 12.7. The van der Waals surface area contributed by atoms with E-state index in [0.29, 0.717) is 5.56 Å². The molecular weight excluding hydrogens is 276 g/mol. The Morgan fingerprint density at radius 2 is 2.05 bits per heavy atom. The molecule has 5 nitrogen and oxygen atoms in total. The van der Waals surface area contributed by atoms with Crippen LogP contribution in [0.4, 0.5) is 0 Å². The zero-order chi connectivity index (χ0) is 16.4. The van der Waals surface area contributed by atoms with Gasteiger partial charge in [0.05, 0.1) is 16.6 Å². The summed E-state index contributed by atoms with van der Waals surface area (Å²) in [5.41, 5.74) is 3.22. The molecule has 2 heterocycles. The van der Waals surface area contributed by atoms with Crippen molar-refractivity contribution in [3.8, 4) is 0 Å². The first kappa shape index (κ1) is 16.5. The van der Waals surface area contributed by atoms with Crippen molar-refractivity contribution >= 4 is 16.9 Å². The average Bonchev–Trinajstić information content (AvgIpc) is 2.73. The molecule has 0 saturated heterocycles. The van der Waals surface area contributed by atoms with Crippen molar-refractivity contribution in [3.05, 3.63) is 23.0 Å². The van der Waals surface area contributed by atoms with Crippen LogP contribution in [0, 0.1) is 6.92 Å². The maximum Gasteiger partial charge on any atom is 0.252 e. The lowest BCUT2D eigenvalue weighted by molar-refractivity contribution is 0.0939. The molecule has 0 saturated carbocycles. The van der Waals surface area contributed by atoms with E-state index in [1.807, 2.05) is 27.0 Å². The molecule has 1 amide bonds. The molecule has 2 aromatic heterocycles. The number of pyridine rings is 1. The van der Waals surface area contributed by atoms with Crippen LogP contribution in [0.3, 0.4) is 0 Å². The van der Waals surface area contributed by atoms with Gasteiger partial charge in [0.1, 0.15) is 0 Å². The Bertz CT molecular complexity index is 688. The number of nitrogens with zero attached hydrogens (tertiary/aromatic N) is 3. The Balaban J connectivity index is 2.53. The predicted molar refractivity (Wildman–Crippen MR) is 89.2 cm³/mol. The molecule has 1 atom stereocenters. The highest BCUT2D eigenvalue weighted by atomic mass is 16.1. The Morgan fingerprint density at radius 3 is 2.64 bits per heavy atom. The van der Waals surface area contributed by atoms with Gasteiger partial charge in [-0.1, -0.05) is 27.2 Å². The van der Waals surface area contributed by atoms with Crippen LogP contribution in [-0.4, -0.2) is 26.7 Å². The lowest BCUT2D eigenvalue weighted by atomic mass is 10.0. The van der Waals surface area contributed by atoms with Gasteiger partial charge in [-0.3, -0.25) is 9.48 Å². The average molecular weight is 302 g/mol. The summed E-state index contributed by atoms with van der Waals surface area (Å²) in [6.07, 6.45) is 2.03. The molecule has 0 spiro atoms. The molecule has 0 aliphatic heterocycles. The number of rotatable bonds is 5. The Hall–Kier alpha value is -1.91. The van der Waals surface area contributed by atoms with Crippen molar-refractivity contribution in [3.63, 3.8) is 0 Å². The van der Waals surface area contributed by atoms with E-state index < -0.39 is 0 Å². The minimum atomic E-state index is -0.0358. The lowest BCUT2D eigenvalue weighted by Gasteiger charge is -2.15. The second kappa shape index (κ2) is 6.46. The lowest BCUT2D eigenvalue weighted by Crippen LogP contribution is -2.32. The first-order valence-corrected chi connectivity index (χ1v) is 8.00. The van der Waals surface area contributed by atoms with Crippen LogP contribution in [0.5, 0.6) is 0 Å². The summed E-state index contributed by atoms with van der Waals surface area (Å²) in [5.74, 6) is 0.227. The van der Waals surface area contributed by atoms with Crippen LogP contribution in [0.2, 0.25) is 0 Å². The Kier molecular flexibility index (Phi) is 4.84. The van der Waals surface area contributed by atoms with Crippen molar-refractivity contribution < 1.29 is 4.79 Å². The number of fused-ring (bicyclic) bond motifs is 1. The normalized spacial score (nSPS) is 12.9. The number of carbonyl (C=O) groups excluding carboxylic acids is 1. The standard InChI is InChI=1S/C17H26N4O/c1-7-8-11(4)18-17(22)13-9-14(10(2)3)19-16-15(13)12(5)20-21(16)6/h9-11H,7-8H2,1-6H3,(H,18,22)/t11-/m1/s1. The third-order valence-electron chi connectivity index (χ3n) is 3.92. The molecule has 22 heavy (non-hydrogen) atoms. The highest BCUT2D eigenvalue weighted by Gasteiger charge is 2.20. The quantitative estimate of drug-likeness (QED) is 0.921. The van der Waals surface area contributed by atoms with Crippen molar-refractivity contribution in [1.29, 1.82) is 0 Å². The first-order valence-electron chi connectivity index (χ1n) is 8.00. The van der Waals surface area contributed by atoms with Crippen LogP contribution in [0.15, 0.2) is 6.07 Å². The fraction of sp³-hybridized carbons (Fsp3) is 0.588. The molecule has 2 aromatic rings. The van der Waals surface area contributed by atoms with Gasteiger partial charge in [-0.25, -0.2) is 4.98 Å². The number of aryl methyl sites for hydroxylation is 2. The highest BCUT2D eigenvalue weighted by molar-refractivity contribution is 6.06. The zero-order valence-electron chi connectivity index (χ0n) is 14.4. The minimum absolute atomic E-state index is 0.0358. The van der Waals surface area contributed by atoms with E-state index in [1.54, 1.807) is 4.68 Å². The molecule has 0 aromatic carbocycles. The van der Waals surface area contributed by atoms with Crippen LogP contribution in [0.25, 0.3) is 11.0 Å². The molecule has 0 aliphatic rings. The van der Waals surface area contributed by atoms with Gasteiger partial charge in [-0.15, -0.1) is 0 Å². The largest absolute Gasteiger partial charge is 0.350 e. The summed E-state index contributed by atoms with van der Waals surface area (Å²) >= 11 is 0. The van der Waals surface area contributed by atoms with Crippen molar-refractivity contribution in [1.82, 2.24) is 20.1 Å². The van der Waals surface area contributed by atoms with Crippen LogP contribution in [-0.2, 0) is 7.05 Å². The monoisotopic (exact) mass is 302 g/mol. The van der Waals surface area contributed by atoms with Gasteiger partial charge in [0, 0.05) is 18.8 Å². The van der Waals surface area contributed by atoms with E-state index in [1.165, 1.54) is 0 Å². The number of nitrogens with one attached hydrogen (secondary N) is 1. The van der Waals surface area contributed by atoms with Gasteiger partial charge < -0.3 is 5.32 Å². The molecule has 120 valence electrons. The van der Waals surface area contributed by atoms with E-state index >= 15 is 0 Å².